The van der Waals surface area contributed by atoms with Crippen LogP contribution < -0.4 is 5.32 Å². The number of aliphatic hydroxyl groups excluding tert-OH is 2. The number of hydrogen-bond acceptors (Lipinski definition) is 4. The van der Waals surface area contributed by atoms with Crippen LogP contribution in [0.2, 0.25) is 0 Å². The van der Waals surface area contributed by atoms with Crippen molar-refractivity contribution < 1.29 is 15.0 Å². The molecule has 0 aliphatic heterocycles. The standard InChI is InChI=1S/C9H17NO3S/c11-4-6(5-14)10-9(13)7-2-1-3-8(7)12/h6-8,11-12,14H,1-5H2,(H,10,13). The van der Waals surface area contributed by atoms with E-state index >= 15 is 0 Å². The van der Waals surface area contributed by atoms with Crippen molar-refractivity contribution in [2.75, 3.05) is 12.4 Å². The third-order valence-corrected chi connectivity index (χ3v) is 3.04. The number of rotatable bonds is 4. The van der Waals surface area contributed by atoms with Crippen molar-refractivity contribution in [2.45, 2.75) is 31.4 Å². The van der Waals surface area contributed by atoms with Crippen molar-refractivity contribution >= 4 is 18.5 Å². The second kappa shape index (κ2) is 5.58. The van der Waals surface area contributed by atoms with E-state index in [0.717, 1.165) is 12.8 Å². The van der Waals surface area contributed by atoms with E-state index in [9.17, 15) is 9.90 Å². The molecule has 82 valence electrons. The molecule has 1 fully saturated rings. The summed E-state index contributed by atoms with van der Waals surface area (Å²) in [5.74, 6) is -0.0579. The number of amides is 1. The van der Waals surface area contributed by atoms with Gasteiger partial charge in [0.15, 0.2) is 0 Å². The molecule has 14 heavy (non-hydrogen) atoms. The minimum Gasteiger partial charge on any atom is -0.394 e. The second-order valence-corrected chi connectivity index (χ2v) is 4.04. The van der Waals surface area contributed by atoms with Crippen LogP contribution >= 0.6 is 12.6 Å². The highest BCUT2D eigenvalue weighted by atomic mass is 32.1. The van der Waals surface area contributed by atoms with E-state index in [4.69, 9.17) is 5.11 Å². The largest absolute Gasteiger partial charge is 0.394 e. The Balaban J connectivity index is 2.40. The monoisotopic (exact) mass is 219 g/mol. The Bertz CT molecular complexity index is 196. The number of hydrogen-bond donors (Lipinski definition) is 4. The Morgan fingerprint density at radius 1 is 1.57 bits per heavy atom. The second-order valence-electron chi connectivity index (χ2n) is 3.68. The zero-order chi connectivity index (χ0) is 10.6. The topological polar surface area (TPSA) is 69.6 Å². The quantitative estimate of drug-likeness (QED) is 0.484. The van der Waals surface area contributed by atoms with Crippen LogP contribution in [0.3, 0.4) is 0 Å². The van der Waals surface area contributed by atoms with E-state index in [1.807, 2.05) is 0 Å². The third-order valence-electron chi connectivity index (χ3n) is 2.60. The molecular formula is C9H17NO3S. The number of nitrogens with one attached hydrogen (secondary N) is 1. The average molecular weight is 219 g/mol. The van der Waals surface area contributed by atoms with E-state index in [-0.39, 0.29) is 24.5 Å². The molecule has 1 aliphatic rings. The Hall–Kier alpha value is -0.260. The lowest BCUT2D eigenvalue weighted by Crippen LogP contribution is -2.43. The highest BCUT2D eigenvalue weighted by Crippen LogP contribution is 2.25. The summed E-state index contributed by atoms with van der Waals surface area (Å²) in [6.45, 7) is -0.113. The fourth-order valence-corrected chi connectivity index (χ4v) is 1.91. The van der Waals surface area contributed by atoms with Crippen LogP contribution in [-0.2, 0) is 4.79 Å². The molecule has 1 aliphatic carbocycles. The molecule has 0 aromatic heterocycles. The van der Waals surface area contributed by atoms with Gasteiger partial charge in [0.2, 0.25) is 5.91 Å². The molecule has 1 rings (SSSR count). The van der Waals surface area contributed by atoms with Crippen molar-refractivity contribution in [2.24, 2.45) is 5.92 Å². The first-order valence-corrected chi connectivity index (χ1v) is 5.52. The van der Waals surface area contributed by atoms with Gasteiger partial charge in [0, 0.05) is 5.75 Å². The molecular weight excluding hydrogens is 202 g/mol. The van der Waals surface area contributed by atoms with E-state index in [1.54, 1.807) is 0 Å². The van der Waals surface area contributed by atoms with Gasteiger partial charge < -0.3 is 15.5 Å². The van der Waals surface area contributed by atoms with Crippen molar-refractivity contribution in [1.29, 1.82) is 0 Å². The summed E-state index contributed by atoms with van der Waals surface area (Å²) in [5.41, 5.74) is 0. The summed E-state index contributed by atoms with van der Waals surface area (Å²) in [6.07, 6.45) is 1.80. The first kappa shape index (κ1) is 11.8. The zero-order valence-corrected chi connectivity index (χ0v) is 8.91. The van der Waals surface area contributed by atoms with Crippen LogP contribution in [0.25, 0.3) is 0 Å². The molecule has 3 atom stereocenters. The number of thiol groups is 1. The van der Waals surface area contributed by atoms with Crippen molar-refractivity contribution in [3.8, 4) is 0 Å². The Kier molecular flexibility index (Phi) is 4.71. The summed E-state index contributed by atoms with van der Waals surface area (Å²) in [7, 11) is 0. The molecule has 0 radical (unpaired) electrons. The molecule has 0 aromatic carbocycles. The number of aliphatic hydroxyl groups is 2. The summed E-state index contributed by atoms with van der Waals surface area (Å²) < 4.78 is 0. The van der Waals surface area contributed by atoms with Crippen LogP contribution in [0, 0.1) is 5.92 Å². The van der Waals surface area contributed by atoms with Gasteiger partial charge in [0.25, 0.3) is 0 Å². The predicted octanol–water partition coefficient (Wildman–Crippen LogP) is -0.446. The maximum Gasteiger partial charge on any atom is 0.226 e. The summed E-state index contributed by atoms with van der Waals surface area (Å²) in [6, 6.07) is -0.307. The molecule has 0 heterocycles. The fourth-order valence-electron chi connectivity index (χ4n) is 1.70. The van der Waals surface area contributed by atoms with Crippen LogP contribution in [0.15, 0.2) is 0 Å². The summed E-state index contributed by atoms with van der Waals surface area (Å²) in [5, 5.41) is 21.0. The van der Waals surface area contributed by atoms with Crippen LogP contribution in [0.5, 0.6) is 0 Å². The van der Waals surface area contributed by atoms with Gasteiger partial charge in [-0.2, -0.15) is 12.6 Å². The average Bonchev–Trinajstić information content (AvgIpc) is 2.60. The predicted molar refractivity (Wildman–Crippen MR) is 56.2 cm³/mol. The molecule has 5 heteroatoms. The van der Waals surface area contributed by atoms with E-state index in [1.165, 1.54) is 0 Å². The first-order chi connectivity index (χ1) is 6.69. The molecule has 0 saturated heterocycles. The van der Waals surface area contributed by atoms with E-state index in [0.29, 0.717) is 12.2 Å². The zero-order valence-electron chi connectivity index (χ0n) is 8.02. The lowest BCUT2D eigenvalue weighted by Gasteiger charge is -2.18. The SMILES string of the molecule is O=C(NC(CO)CS)C1CCCC1O. The molecule has 1 saturated carbocycles. The minimum atomic E-state index is -0.519. The van der Waals surface area contributed by atoms with Gasteiger partial charge >= 0.3 is 0 Å². The van der Waals surface area contributed by atoms with Crippen LogP contribution in [0.4, 0.5) is 0 Å². The van der Waals surface area contributed by atoms with Gasteiger partial charge in [-0.25, -0.2) is 0 Å². The van der Waals surface area contributed by atoms with Gasteiger partial charge in [-0.1, -0.05) is 0 Å². The van der Waals surface area contributed by atoms with E-state index in [2.05, 4.69) is 17.9 Å². The van der Waals surface area contributed by atoms with Crippen LogP contribution in [-0.4, -0.2) is 40.6 Å². The van der Waals surface area contributed by atoms with Gasteiger partial charge in [-0.3, -0.25) is 4.79 Å². The van der Waals surface area contributed by atoms with Gasteiger partial charge in [0.05, 0.1) is 24.7 Å². The first-order valence-electron chi connectivity index (χ1n) is 4.89. The molecule has 3 unspecified atom stereocenters. The van der Waals surface area contributed by atoms with Crippen molar-refractivity contribution in [1.82, 2.24) is 5.32 Å². The Labute approximate surface area is 89.1 Å². The Morgan fingerprint density at radius 3 is 2.71 bits per heavy atom. The lowest BCUT2D eigenvalue weighted by molar-refractivity contribution is -0.128. The highest BCUT2D eigenvalue weighted by molar-refractivity contribution is 7.80. The molecule has 0 aromatic rings. The number of carbonyl (C=O) groups excluding carboxylic acids is 1. The van der Waals surface area contributed by atoms with Crippen molar-refractivity contribution in [3.05, 3.63) is 0 Å². The Morgan fingerprint density at radius 2 is 2.29 bits per heavy atom. The van der Waals surface area contributed by atoms with Gasteiger partial charge in [-0.05, 0) is 19.3 Å². The lowest BCUT2D eigenvalue weighted by atomic mass is 10.1. The third kappa shape index (κ3) is 2.87. The fraction of sp³-hybridized carbons (Fsp3) is 0.889. The van der Waals surface area contributed by atoms with Gasteiger partial charge in [-0.15, -0.1) is 0 Å². The minimum absolute atomic E-state index is 0.113. The molecule has 1 amide bonds. The van der Waals surface area contributed by atoms with Crippen LogP contribution in [0.1, 0.15) is 19.3 Å². The molecule has 0 bridgehead atoms. The van der Waals surface area contributed by atoms with E-state index < -0.39 is 6.10 Å². The smallest absolute Gasteiger partial charge is 0.226 e. The summed E-state index contributed by atoms with van der Waals surface area (Å²) in [4.78, 5) is 11.6. The highest BCUT2D eigenvalue weighted by Gasteiger charge is 2.32. The molecule has 3 N–H and O–H groups in total. The summed E-state index contributed by atoms with van der Waals surface area (Å²) >= 11 is 4.00. The number of carbonyl (C=O) groups is 1. The molecule has 0 spiro atoms. The van der Waals surface area contributed by atoms with Gasteiger partial charge in [0.1, 0.15) is 0 Å². The maximum atomic E-state index is 11.6. The molecule has 4 nitrogen and oxygen atoms in total. The van der Waals surface area contributed by atoms with Crippen molar-refractivity contribution in [3.63, 3.8) is 0 Å². The maximum absolute atomic E-state index is 11.6. The normalized spacial score (nSPS) is 28.8.